The third-order valence-corrected chi connectivity index (χ3v) is 9.60. The van der Waals surface area contributed by atoms with Gasteiger partial charge in [0.25, 0.3) is 0 Å². The third-order valence-electron chi connectivity index (χ3n) is 9.60. The Morgan fingerprint density at radius 2 is 1.61 bits per heavy atom. The van der Waals surface area contributed by atoms with Gasteiger partial charge in [0.2, 0.25) is 0 Å². The largest absolute Gasteiger partial charge is 0.393 e. The van der Waals surface area contributed by atoms with E-state index < -0.39 is 23.4 Å². The van der Waals surface area contributed by atoms with Crippen molar-refractivity contribution >= 4 is 0 Å². The molecule has 0 bridgehead atoms. The number of aliphatic hydroxyl groups is 4. The van der Waals surface area contributed by atoms with E-state index in [9.17, 15) is 20.4 Å². The van der Waals surface area contributed by atoms with Crippen LogP contribution in [0.4, 0.5) is 0 Å². The molecule has 3 aliphatic carbocycles. The molecular weight excluding hydrogens is 448 g/mol. The van der Waals surface area contributed by atoms with Crippen molar-refractivity contribution in [1.82, 2.24) is 0 Å². The van der Waals surface area contributed by atoms with Crippen LogP contribution in [0.15, 0.2) is 35.5 Å². The molecule has 5 atom stereocenters. The van der Waals surface area contributed by atoms with Gasteiger partial charge in [0.05, 0.1) is 23.4 Å². The highest BCUT2D eigenvalue weighted by molar-refractivity contribution is 5.38. The van der Waals surface area contributed by atoms with Crippen molar-refractivity contribution in [3.05, 3.63) is 35.5 Å². The number of hydrogen-bond acceptors (Lipinski definition) is 4. The van der Waals surface area contributed by atoms with Crippen molar-refractivity contribution in [1.29, 1.82) is 0 Å². The van der Waals surface area contributed by atoms with Gasteiger partial charge in [-0.3, -0.25) is 0 Å². The summed E-state index contributed by atoms with van der Waals surface area (Å²) in [5.74, 6) is 1.90. The SMILES string of the molecule is C=C1/C(=C\C=C2/CCC[C@@]3(C)[C@H]2CC[C@H]3C(CCCC(C)(C)O)CCCC(C)(C)O)C[C@@H](O)C[C@@H]1O. The van der Waals surface area contributed by atoms with Gasteiger partial charge in [-0.25, -0.2) is 0 Å². The molecule has 0 radical (unpaired) electrons. The number of hydrogen-bond donors (Lipinski definition) is 4. The second-order valence-electron chi connectivity index (χ2n) is 13.8. The van der Waals surface area contributed by atoms with E-state index in [-0.39, 0.29) is 0 Å². The van der Waals surface area contributed by atoms with Crippen LogP contribution < -0.4 is 0 Å². The summed E-state index contributed by atoms with van der Waals surface area (Å²) in [4.78, 5) is 0. The zero-order chi connectivity index (χ0) is 26.7. The van der Waals surface area contributed by atoms with Gasteiger partial charge in [-0.1, -0.05) is 56.9 Å². The molecule has 0 saturated heterocycles. The van der Waals surface area contributed by atoms with Crippen LogP contribution in [0.2, 0.25) is 0 Å². The zero-order valence-corrected chi connectivity index (χ0v) is 23.7. The molecule has 4 nitrogen and oxygen atoms in total. The molecule has 3 fully saturated rings. The lowest BCUT2D eigenvalue weighted by atomic mass is 9.60. The molecule has 36 heavy (non-hydrogen) atoms. The maximum Gasteiger partial charge on any atom is 0.0811 e. The molecule has 3 rings (SSSR count). The van der Waals surface area contributed by atoms with Crippen LogP contribution in [0.3, 0.4) is 0 Å². The molecule has 0 spiro atoms. The Morgan fingerprint density at radius 1 is 1.00 bits per heavy atom. The molecule has 0 heterocycles. The highest BCUT2D eigenvalue weighted by Crippen LogP contribution is 2.60. The minimum atomic E-state index is -0.639. The first kappa shape index (κ1) is 29.6. The molecule has 3 aliphatic rings. The van der Waals surface area contributed by atoms with Crippen molar-refractivity contribution in [3.8, 4) is 0 Å². The standard InChI is InChI=1S/C32H54O4/c1-22-25(20-26(33)21-29(22)34)14-13-24-12-9-19-32(6)27(15-16-28(24)32)23(10-7-17-30(2,3)35)11-8-18-31(4,5)36/h13-14,23,26-29,33-36H,1,7-12,15-21H2,2-6H3/b24-13+,25-14-/t26-,27+,28+,29+,32-/m1/s1. The van der Waals surface area contributed by atoms with Crippen molar-refractivity contribution < 1.29 is 20.4 Å². The van der Waals surface area contributed by atoms with Gasteiger partial charge in [-0.15, -0.1) is 0 Å². The van der Waals surface area contributed by atoms with Crippen molar-refractivity contribution in [3.63, 3.8) is 0 Å². The Bertz CT molecular complexity index is 791. The zero-order valence-electron chi connectivity index (χ0n) is 23.7. The Kier molecular flexibility index (Phi) is 9.74. The molecule has 4 N–H and O–H groups in total. The van der Waals surface area contributed by atoms with E-state index in [1.165, 1.54) is 31.3 Å². The number of fused-ring (bicyclic) bond motifs is 1. The average molecular weight is 503 g/mol. The van der Waals surface area contributed by atoms with Crippen molar-refractivity contribution in [2.75, 3.05) is 0 Å². The van der Waals surface area contributed by atoms with Crippen LogP contribution in [0.25, 0.3) is 0 Å². The maximum atomic E-state index is 10.3. The van der Waals surface area contributed by atoms with E-state index >= 15 is 0 Å². The average Bonchev–Trinajstić information content (AvgIpc) is 3.10. The minimum Gasteiger partial charge on any atom is -0.393 e. The lowest BCUT2D eigenvalue weighted by Crippen LogP contribution is -2.37. The number of aliphatic hydroxyl groups excluding tert-OH is 2. The minimum absolute atomic E-state index is 0.291. The molecule has 0 aliphatic heterocycles. The quantitative estimate of drug-likeness (QED) is 0.270. The molecule has 0 aromatic heterocycles. The molecule has 4 heteroatoms. The van der Waals surface area contributed by atoms with Gasteiger partial charge in [0, 0.05) is 6.42 Å². The van der Waals surface area contributed by atoms with Gasteiger partial charge >= 0.3 is 0 Å². The summed E-state index contributed by atoms with van der Waals surface area (Å²) >= 11 is 0. The Balaban J connectivity index is 1.77. The van der Waals surface area contributed by atoms with Gasteiger partial charge in [0.1, 0.15) is 0 Å². The van der Waals surface area contributed by atoms with Crippen LogP contribution in [-0.2, 0) is 0 Å². The molecule has 3 saturated carbocycles. The predicted octanol–water partition coefficient (Wildman–Crippen LogP) is 6.63. The molecule has 0 aromatic rings. The summed E-state index contributed by atoms with van der Waals surface area (Å²) in [5, 5.41) is 40.9. The topological polar surface area (TPSA) is 80.9 Å². The van der Waals surface area contributed by atoms with Gasteiger partial charge in [-0.2, -0.15) is 0 Å². The van der Waals surface area contributed by atoms with Gasteiger partial charge in [0.15, 0.2) is 0 Å². The summed E-state index contributed by atoms with van der Waals surface area (Å²) < 4.78 is 0. The fourth-order valence-electron chi connectivity index (χ4n) is 7.66. The first-order chi connectivity index (χ1) is 16.7. The summed E-state index contributed by atoms with van der Waals surface area (Å²) in [6.07, 6.45) is 16.5. The molecule has 0 unspecified atom stereocenters. The molecule has 0 aromatic carbocycles. The van der Waals surface area contributed by atoms with E-state index in [0.29, 0.717) is 36.0 Å². The Hall–Kier alpha value is -0.940. The van der Waals surface area contributed by atoms with E-state index in [0.717, 1.165) is 56.1 Å². The first-order valence-corrected chi connectivity index (χ1v) is 14.6. The second-order valence-corrected chi connectivity index (χ2v) is 13.8. The van der Waals surface area contributed by atoms with Gasteiger partial charge in [-0.05, 0) is 113 Å². The van der Waals surface area contributed by atoms with E-state index in [4.69, 9.17) is 0 Å². The summed E-state index contributed by atoms with van der Waals surface area (Å²) in [7, 11) is 0. The fraction of sp³-hybridized carbons (Fsp3) is 0.812. The van der Waals surface area contributed by atoms with Crippen molar-refractivity contribution in [2.24, 2.45) is 23.2 Å². The van der Waals surface area contributed by atoms with Gasteiger partial charge < -0.3 is 20.4 Å². The summed E-state index contributed by atoms with van der Waals surface area (Å²) in [6.45, 7) is 14.3. The number of rotatable bonds is 10. The maximum absolute atomic E-state index is 10.3. The van der Waals surface area contributed by atoms with E-state index in [1.807, 2.05) is 27.7 Å². The smallest absolute Gasteiger partial charge is 0.0811 e. The molecule has 0 amide bonds. The lowest BCUT2D eigenvalue weighted by Gasteiger charge is -2.45. The van der Waals surface area contributed by atoms with E-state index in [2.05, 4.69) is 25.7 Å². The van der Waals surface area contributed by atoms with Crippen LogP contribution in [0.5, 0.6) is 0 Å². The summed E-state index contributed by atoms with van der Waals surface area (Å²) in [5.41, 5.74) is 2.36. The van der Waals surface area contributed by atoms with E-state index in [1.54, 1.807) is 0 Å². The first-order valence-electron chi connectivity index (χ1n) is 14.6. The third kappa shape index (κ3) is 7.79. The molecule has 206 valence electrons. The van der Waals surface area contributed by atoms with Crippen LogP contribution in [0.1, 0.15) is 118 Å². The lowest BCUT2D eigenvalue weighted by molar-refractivity contribution is 0.0480. The van der Waals surface area contributed by atoms with Crippen LogP contribution in [-0.4, -0.2) is 43.8 Å². The monoisotopic (exact) mass is 502 g/mol. The highest BCUT2D eigenvalue weighted by Gasteiger charge is 2.51. The fourth-order valence-corrected chi connectivity index (χ4v) is 7.66. The van der Waals surface area contributed by atoms with Crippen molar-refractivity contribution in [2.45, 2.75) is 141 Å². The summed E-state index contributed by atoms with van der Waals surface area (Å²) in [6, 6.07) is 0. The normalized spacial score (nSPS) is 34.1. The number of allylic oxidation sites excluding steroid dienone is 3. The second kappa shape index (κ2) is 11.8. The van der Waals surface area contributed by atoms with Crippen LogP contribution in [0, 0.1) is 23.2 Å². The Morgan fingerprint density at radius 3 is 2.19 bits per heavy atom. The highest BCUT2D eigenvalue weighted by atomic mass is 16.3. The predicted molar refractivity (Wildman–Crippen MR) is 149 cm³/mol. The molecular formula is C32H54O4. The Labute approximate surface area is 220 Å². The van der Waals surface area contributed by atoms with Crippen LogP contribution >= 0.6 is 0 Å².